The van der Waals surface area contributed by atoms with E-state index >= 15 is 0 Å². The summed E-state index contributed by atoms with van der Waals surface area (Å²) < 4.78 is 6.66. The highest BCUT2D eigenvalue weighted by Gasteiger charge is 2.34. The van der Waals surface area contributed by atoms with E-state index in [1.54, 1.807) is 0 Å². The Hall–Kier alpha value is -2.51. The van der Waals surface area contributed by atoms with Gasteiger partial charge < -0.3 is 15.0 Å². The lowest BCUT2D eigenvalue weighted by molar-refractivity contribution is -0.800. The Morgan fingerprint density at radius 1 is 1.00 bits per heavy atom. The minimum absolute atomic E-state index is 0.0748. The van der Waals surface area contributed by atoms with E-state index in [-0.39, 0.29) is 17.9 Å². The summed E-state index contributed by atoms with van der Waals surface area (Å²) in [5, 5.41) is 2.87. The van der Waals surface area contributed by atoms with Gasteiger partial charge in [0.25, 0.3) is 0 Å². The van der Waals surface area contributed by atoms with Crippen LogP contribution in [0, 0.1) is 0 Å². The quantitative estimate of drug-likeness (QED) is 0.249. The zero-order valence-electron chi connectivity index (χ0n) is 21.7. The van der Waals surface area contributed by atoms with Crippen molar-refractivity contribution in [3.05, 3.63) is 59.7 Å². The average Bonchev–Trinajstić information content (AvgIpc) is 3.23. The number of amides is 2. The second-order valence-corrected chi connectivity index (χ2v) is 11.0. The Morgan fingerprint density at radius 2 is 1.64 bits per heavy atom. The third-order valence-electron chi connectivity index (χ3n) is 7.61. The molecule has 2 aliphatic rings. The molecule has 0 spiro atoms. The molecular weight excluding hydrogens is 470 g/mol. The second kappa shape index (κ2) is 12.6. The highest BCUT2D eigenvalue weighted by molar-refractivity contribution is 7.93. The molecule has 0 atom stereocenters. The SMILES string of the molecule is CCC[N+]1(SC)CCN(C(=O)CCCCCNC(=O)OCC2c3ccccc3-c3ccccc32)CC1. The minimum atomic E-state index is -0.372. The highest BCUT2D eigenvalue weighted by atomic mass is 32.2. The van der Waals surface area contributed by atoms with Crippen LogP contribution in [0.15, 0.2) is 48.5 Å². The number of carbonyl (C=O) groups excluding carboxylic acids is 2. The van der Waals surface area contributed by atoms with Crippen LogP contribution < -0.4 is 5.32 Å². The third-order valence-corrected chi connectivity index (χ3v) is 8.93. The predicted octanol–water partition coefficient (Wildman–Crippen LogP) is 5.43. The number of carbonyl (C=O) groups is 2. The first-order chi connectivity index (χ1) is 17.6. The molecule has 0 bridgehead atoms. The van der Waals surface area contributed by atoms with Gasteiger partial charge in [0.15, 0.2) is 0 Å². The molecule has 0 aromatic heterocycles. The van der Waals surface area contributed by atoms with Crippen molar-refractivity contribution in [3.63, 3.8) is 0 Å². The Morgan fingerprint density at radius 3 is 2.25 bits per heavy atom. The van der Waals surface area contributed by atoms with Crippen LogP contribution in [0.5, 0.6) is 0 Å². The molecule has 0 unspecified atom stereocenters. The molecule has 1 fully saturated rings. The summed E-state index contributed by atoms with van der Waals surface area (Å²) in [7, 11) is 0. The zero-order chi connectivity index (χ0) is 25.4. The molecule has 194 valence electrons. The normalized spacial score (nSPS) is 16.3. The van der Waals surface area contributed by atoms with Crippen molar-refractivity contribution in [2.75, 3.05) is 52.1 Å². The van der Waals surface area contributed by atoms with E-state index in [0.717, 1.165) is 49.3 Å². The summed E-state index contributed by atoms with van der Waals surface area (Å²) >= 11 is 1.92. The second-order valence-electron chi connectivity index (χ2n) is 9.86. The van der Waals surface area contributed by atoms with Crippen molar-refractivity contribution in [2.24, 2.45) is 0 Å². The summed E-state index contributed by atoms with van der Waals surface area (Å²) in [4.78, 5) is 26.9. The van der Waals surface area contributed by atoms with E-state index in [1.165, 1.54) is 35.2 Å². The van der Waals surface area contributed by atoms with E-state index in [9.17, 15) is 9.59 Å². The Bertz CT molecular complexity index is 990. The van der Waals surface area contributed by atoms with Gasteiger partial charge in [0.1, 0.15) is 19.7 Å². The van der Waals surface area contributed by atoms with Crippen LogP contribution in [-0.2, 0) is 9.53 Å². The van der Waals surface area contributed by atoms with Crippen LogP contribution in [0.1, 0.15) is 56.1 Å². The summed E-state index contributed by atoms with van der Waals surface area (Å²) in [5.41, 5.74) is 4.89. The van der Waals surface area contributed by atoms with Gasteiger partial charge in [-0.1, -0.05) is 61.9 Å². The molecule has 0 radical (unpaired) electrons. The highest BCUT2D eigenvalue weighted by Crippen LogP contribution is 2.44. The van der Waals surface area contributed by atoms with Gasteiger partial charge in [-0.05, 0) is 41.5 Å². The molecule has 6 nitrogen and oxygen atoms in total. The zero-order valence-corrected chi connectivity index (χ0v) is 22.5. The molecule has 1 saturated heterocycles. The molecular formula is C29H40N3O3S+. The van der Waals surface area contributed by atoms with E-state index in [2.05, 4.69) is 54.9 Å². The van der Waals surface area contributed by atoms with E-state index < -0.39 is 0 Å². The fourth-order valence-corrected chi connectivity index (χ4v) is 6.45. The van der Waals surface area contributed by atoms with Crippen molar-refractivity contribution in [3.8, 4) is 11.1 Å². The lowest BCUT2D eigenvalue weighted by Gasteiger charge is -2.42. The summed E-state index contributed by atoms with van der Waals surface area (Å²) in [6, 6.07) is 16.7. The number of nitrogens with zero attached hydrogens (tertiary/aromatic N) is 2. The number of piperazine rings is 1. The van der Waals surface area contributed by atoms with Gasteiger partial charge in [-0.2, -0.15) is 0 Å². The van der Waals surface area contributed by atoms with Gasteiger partial charge in [-0.25, -0.2) is 4.79 Å². The third kappa shape index (κ3) is 6.24. The number of ether oxygens (including phenoxy) is 1. The molecule has 0 saturated carbocycles. The molecule has 1 aliphatic carbocycles. The molecule has 1 heterocycles. The van der Waals surface area contributed by atoms with Crippen molar-refractivity contribution < 1.29 is 18.2 Å². The predicted molar refractivity (Wildman–Crippen MR) is 147 cm³/mol. The van der Waals surface area contributed by atoms with Gasteiger partial charge in [-0.3, -0.25) is 8.68 Å². The lowest BCUT2D eigenvalue weighted by atomic mass is 9.98. The first kappa shape index (κ1) is 26.6. The monoisotopic (exact) mass is 510 g/mol. The maximum Gasteiger partial charge on any atom is 0.407 e. The Balaban J connectivity index is 1.11. The number of hydrogen-bond acceptors (Lipinski definition) is 4. The first-order valence-electron chi connectivity index (χ1n) is 13.4. The summed E-state index contributed by atoms with van der Waals surface area (Å²) in [6.45, 7) is 8.13. The Labute approximate surface area is 220 Å². The largest absolute Gasteiger partial charge is 0.449 e. The van der Waals surface area contributed by atoms with E-state index in [1.807, 2.05) is 29.0 Å². The molecule has 7 heteroatoms. The van der Waals surface area contributed by atoms with Crippen LogP contribution in [-0.4, -0.2) is 72.9 Å². The van der Waals surface area contributed by atoms with Crippen LogP contribution in [0.3, 0.4) is 0 Å². The van der Waals surface area contributed by atoms with Crippen LogP contribution in [0.4, 0.5) is 4.79 Å². The maximum absolute atomic E-state index is 12.6. The number of benzene rings is 2. The first-order valence-corrected chi connectivity index (χ1v) is 14.5. The van der Waals surface area contributed by atoms with E-state index in [4.69, 9.17) is 4.74 Å². The maximum atomic E-state index is 12.6. The van der Waals surface area contributed by atoms with Crippen LogP contribution in [0.2, 0.25) is 0 Å². The molecule has 1 N–H and O–H groups in total. The van der Waals surface area contributed by atoms with Crippen molar-refractivity contribution in [1.29, 1.82) is 0 Å². The topological polar surface area (TPSA) is 58.6 Å². The number of alkyl carbamates (subject to hydrolysis) is 1. The minimum Gasteiger partial charge on any atom is -0.449 e. The van der Waals surface area contributed by atoms with Gasteiger partial charge in [-0.15, -0.1) is 0 Å². The average molecular weight is 511 g/mol. The van der Waals surface area contributed by atoms with Gasteiger partial charge in [0.2, 0.25) is 5.91 Å². The number of unbranched alkanes of at least 4 members (excludes halogenated alkanes) is 2. The molecule has 36 heavy (non-hydrogen) atoms. The van der Waals surface area contributed by atoms with Crippen molar-refractivity contribution in [2.45, 2.75) is 44.9 Å². The van der Waals surface area contributed by atoms with Crippen LogP contribution in [0.25, 0.3) is 11.1 Å². The number of fused-ring (bicyclic) bond motifs is 3. The molecule has 1 aliphatic heterocycles. The number of rotatable bonds is 11. The molecule has 4 rings (SSSR count). The Kier molecular flexibility index (Phi) is 9.32. The lowest BCUT2D eigenvalue weighted by Crippen LogP contribution is -2.56. The van der Waals surface area contributed by atoms with Crippen molar-refractivity contribution >= 4 is 23.9 Å². The van der Waals surface area contributed by atoms with Crippen LogP contribution >= 0.6 is 11.9 Å². The molecule has 2 aromatic rings. The van der Waals surface area contributed by atoms with Gasteiger partial charge in [0, 0.05) is 25.1 Å². The smallest absolute Gasteiger partial charge is 0.407 e. The fourth-order valence-electron chi connectivity index (χ4n) is 5.56. The van der Waals surface area contributed by atoms with E-state index in [0.29, 0.717) is 19.6 Å². The standard InChI is InChI=1S/C29H39N3O3S/c1-3-19-32(36-2)20-17-31(18-21-32)28(33)15-5-4-10-16-30-29(34)35-22-27-25-13-8-6-11-23(25)24-12-7-9-14-26(24)27/h6-9,11-14,27H,3-5,10,15-22H2,1-2H3/p+1. The molecule has 2 aromatic carbocycles. The summed E-state index contributed by atoms with van der Waals surface area (Å²) in [6.07, 6.45) is 6.22. The number of nitrogens with one attached hydrogen (secondary N) is 1. The van der Waals surface area contributed by atoms with Gasteiger partial charge >= 0.3 is 6.09 Å². The summed E-state index contributed by atoms with van der Waals surface area (Å²) in [5.74, 6) is 0.348. The van der Waals surface area contributed by atoms with Crippen molar-refractivity contribution in [1.82, 2.24) is 10.2 Å². The fraction of sp³-hybridized carbons (Fsp3) is 0.517. The van der Waals surface area contributed by atoms with Gasteiger partial charge in [0.05, 0.1) is 31.6 Å². The molecule has 2 amide bonds. The number of quaternary nitrogens is 1. The number of hydrogen-bond donors (Lipinski definition) is 1.